The van der Waals surface area contributed by atoms with Gasteiger partial charge in [0, 0.05) is 25.9 Å². The van der Waals surface area contributed by atoms with Crippen LogP contribution >= 0.6 is 0 Å². The first-order valence-corrected chi connectivity index (χ1v) is 11.4. The first-order valence-electron chi connectivity index (χ1n) is 9.60. The third kappa shape index (κ3) is 7.01. The lowest BCUT2D eigenvalue weighted by Crippen LogP contribution is -2.59. The van der Waals surface area contributed by atoms with Crippen LogP contribution < -0.4 is 4.74 Å². The Morgan fingerprint density at radius 2 is 1.71 bits per heavy atom. The zero-order chi connectivity index (χ0) is 21.0. The third-order valence-corrected chi connectivity index (χ3v) is 7.09. The Balaban J connectivity index is 3.21. The highest BCUT2D eigenvalue weighted by Gasteiger charge is 2.51. The summed E-state index contributed by atoms with van der Waals surface area (Å²) in [7, 11) is -1.90. The van der Waals surface area contributed by atoms with Gasteiger partial charge >= 0.3 is 14.8 Å². The second-order valence-corrected chi connectivity index (χ2v) is 8.56. The number of benzene rings is 1. The summed E-state index contributed by atoms with van der Waals surface area (Å²) in [5.41, 5.74) is 0.0558. The van der Waals surface area contributed by atoms with Gasteiger partial charge in [0.2, 0.25) is 0 Å². The number of carbonyl (C=O) groups excluding carboxylic acids is 1. The van der Waals surface area contributed by atoms with Crippen molar-refractivity contribution in [2.24, 2.45) is 0 Å². The van der Waals surface area contributed by atoms with E-state index in [2.05, 4.69) is 4.74 Å². The lowest BCUT2D eigenvalue weighted by Gasteiger charge is -2.35. The molecule has 0 aliphatic rings. The van der Waals surface area contributed by atoms with Crippen molar-refractivity contribution in [1.29, 1.82) is 0 Å². The van der Waals surface area contributed by atoms with Gasteiger partial charge in [0.05, 0.1) is 7.11 Å². The van der Waals surface area contributed by atoms with Crippen LogP contribution in [0.2, 0.25) is 0 Å². The molecule has 0 radical (unpaired) electrons. The van der Waals surface area contributed by atoms with Crippen LogP contribution in [-0.4, -0.2) is 47.4 Å². The van der Waals surface area contributed by atoms with E-state index in [0.29, 0.717) is 31.8 Å². The first-order chi connectivity index (χ1) is 13.5. The summed E-state index contributed by atoms with van der Waals surface area (Å²) in [5, 5.41) is 0. The van der Waals surface area contributed by atoms with Gasteiger partial charge in [0.15, 0.2) is 17.3 Å². The Kier molecular flexibility index (Phi) is 11.0. The maximum absolute atomic E-state index is 14.4. The Morgan fingerprint density at radius 1 is 1.11 bits per heavy atom. The van der Waals surface area contributed by atoms with E-state index in [1.807, 2.05) is 27.7 Å². The summed E-state index contributed by atoms with van der Waals surface area (Å²) in [6.07, 6.45) is 4.18. The summed E-state index contributed by atoms with van der Waals surface area (Å²) in [6.45, 7) is 8.80. The Bertz CT molecular complexity index is 620. The van der Waals surface area contributed by atoms with Gasteiger partial charge < -0.3 is 22.8 Å². The van der Waals surface area contributed by atoms with Crippen molar-refractivity contribution < 1.29 is 31.9 Å². The average molecular weight is 415 g/mol. The molecule has 0 aromatic heterocycles. The molecule has 0 aliphatic carbocycles. The molecule has 0 saturated heterocycles. The fourth-order valence-electron chi connectivity index (χ4n) is 2.68. The number of hydrogen-bond acceptors (Lipinski definition) is 6. The zero-order valence-corrected chi connectivity index (χ0v) is 18.3. The highest BCUT2D eigenvalue weighted by Crippen LogP contribution is 2.27. The fraction of sp³-hybridized carbons (Fsp3) is 0.550. The van der Waals surface area contributed by atoms with Crippen LogP contribution in [0.3, 0.4) is 0 Å². The van der Waals surface area contributed by atoms with Crippen LogP contribution in [0.15, 0.2) is 24.3 Å². The SMILES string of the molecule is CCCC(Oc1cc(/C=C/C(=O)OC)ccc1F)[Si](OCC)(OCC)OCC. The number of esters is 1. The van der Waals surface area contributed by atoms with E-state index in [0.717, 1.165) is 6.42 Å². The molecule has 1 rings (SSSR count). The molecule has 0 amide bonds. The quantitative estimate of drug-likeness (QED) is 0.275. The van der Waals surface area contributed by atoms with Gasteiger partial charge in [0.1, 0.15) is 0 Å². The van der Waals surface area contributed by atoms with E-state index in [4.69, 9.17) is 18.0 Å². The zero-order valence-electron chi connectivity index (χ0n) is 17.3. The molecule has 1 aromatic rings. The van der Waals surface area contributed by atoms with Crippen molar-refractivity contribution in [3.05, 3.63) is 35.7 Å². The molecule has 0 bridgehead atoms. The fourth-order valence-corrected chi connectivity index (χ4v) is 5.61. The third-order valence-electron chi connectivity index (χ3n) is 3.82. The summed E-state index contributed by atoms with van der Waals surface area (Å²) in [5.74, 6) is -0.948. The molecule has 0 spiro atoms. The van der Waals surface area contributed by atoms with Gasteiger partial charge in [-0.25, -0.2) is 9.18 Å². The summed E-state index contributed by atoms with van der Waals surface area (Å²) < 4.78 is 42.8. The molecular weight excluding hydrogens is 383 g/mol. The molecule has 0 heterocycles. The number of ether oxygens (including phenoxy) is 2. The molecule has 8 heteroatoms. The van der Waals surface area contributed by atoms with Crippen LogP contribution in [0, 0.1) is 5.82 Å². The first kappa shape index (κ1) is 24.3. The van der Waals surface area contributed by atoms with Crippen LogP contribution in [0.1, 0.15) is 46.1 Å². The maximum Gasteiger partial charge on any atom is 0.543 e. The lowest BCUT2D eigenvalue weighted by atomic mass is 10.2. The number of hydrogen-bond donors (Lipinski definition) is 0. The molecule has 6 nitrogen and oxygen atoms in total. The van der Waals surface area contributed by atoms with Crippen molar-refractivity contribution in [3.8, 4) is 5.75 Å². The van der Waals surface area contributed by atoms with Gasteiger partial charge in [-0.15, -0.1) is 0 Å². The van der Waals surface area contributed by atoms with Gasteiger partial charge in [0.25, 0.3) is 0 Å². The van der Waals surface area contributed by atoms with Crippen LogP contribution in [0.25, 0.3) is 6.08 Å². The molecule has 0 aliphatic heterocycles. The van der Waals surface area contributed by atoms with Crippen molar-refractivity contribution in [2.75, 3.05) is 26.9 Å². The minimum atomic E-state index is -3.19. The lowest BCUT2D eigenvalue weighted by molar-refractivity contribution is -0.134. The summed E-state index contributed by atoms with van der Waals surface area (Å²) in [6, 6.07) is 4.37. The van der Waals surface area contributed by atoms with Crippen molar-refractivity contribution in [3.63, 3.8) is 0 Å². The molecule has 1 unspecified atom stereocenters. The number of carbonyl (C=O) groups is 1. The number of methoxy groups -OCH3 is 1. The second-order valence-electron chi connectivity index (χ2n) is 5.84. The smallest absolute Gasteiger partial charge is 0.483 e. The van der Waals surface area contributed by atoms with Crippen LogP contribution in [0.4, 0.5) is 4.39 Å². The molecule has 28 heavy (non-hydrogen) atoms. The van der Waals surface area contributed by atoms with E-state index >= 15 is 0 Å². The van der Waals surface area contributed by atoms with Crippen molar-refractivity contribution >= 4 is 20.8 Å². The van der Waals surface area contributed by atoms with Crippen molar-refractivity contribution in [1.82, 2.24) is 0 Å². The Morgan fingerprint density at radius 3 is 2.21 bits per heavy atom. The largest absolute Gasteiger partial charge is 0.543 e. The molecule has 0 saturated carbocycles. The minimum absolute atomic E-state index is 0.0569. The second kappa shape index (κ2) is 12.7. The molecule has 158 valence electrons. The molecule has 0 N–H and O–H groups in total. The predicted octanol–water partition coefficient (Wildman–Crippen LogP) is 4.15. The summed E-state index contributed by atoms with van der Waals surface area (Å²) in [4.78, 5) is 11.3. The van der Waals surface area contributed by atoms with E-state index < -0.39 is 26.3 Å². The normalized spacial score (nSPS) is 12.9. The predicted molar refractivity (Wildman–Crippen MR) is 107 cm³/mol. The Labute approximate surface area is 167 Å². The highest BCUT2D eigenvalue weighted by molar-refractivity contribution is 6.62. The van der Waals surface area contributed by atoms with Crippen molar-refractivity contribution in [2.45, 2.75) is 46.3 Å². The van der Waals surface area contributed by atoms with E-state index in [1.54, 1.807) is 6.07 Å². The average Bonchev–Trinajstić information content (AvgIpc) is 2.68. The van der Waals surface area contributed by atoms with Crippen LogP contribution in [-0.2, 0) is 22.8 Å². The molecule has 1 atom stereocenters. The number of halogens is 1. The maximum atomic E-state index is 14.4. The minimum Gasteiger partial charge on any atom is -0.483 e. The highest BCUT2D eigenvalue weighted by atomic mass is 28.4. The monoisotopic (exact) mass is 414 g/mol. The summed E-state index contributed by atoms with van der Waals surface area (Å²) >= 11 is 0. The van der Waals surface area contributed by atoms with E-state index in [9.17, 15) is 9.18 Å². The standard InChI is InChI=1S/C20H31FO6Si/c1-6-10-20(28(24-7-2,25-8-3)26-9-4)27-18-15-16(11-13-17(18)21)12-14-19(22)23-5/h11-15,20H,6-10H2,1-5H3/b14-12+. The van der Waals surface area contributed by atoms with Gasteiger partial charge in [-0.3, -0.25) is 0 Å². The van der Waals surface area contributed by atoms with Crippen LogP contribution in [0.5, 0.6) is 5.75 Å². The van der Waals surface area contributed by atoms with Gasteiger partial charge in [-0.2, -0.15) is 0 Å². The molecule has 1 aromatic carbocycles. The topological polar surface area (TPSA) is 63.2 Å². The Hall–Kier alpha value is -1.74. The van der Waals surface area contributed by atoms with Gasteiger partial charge in [-0.05, 0) is 51.0 Å². The number of rotatable bonds is 13. The van der Waals surface area contributed by atoms with E-state index in [1.165, 1.54) is 31.4 Å². The van der Waals surface area contributed by atoms with E-state index in [-0.39, 0.29) is 5.75 Å². The molecular formula is C20H31FO6Si. The molecule has 0 fully saturated rings. The van der Waals surface area contributed by atoms with Gasteiger partial charge in [-0.1, -0.05) is 19.4 Å².